The van der Waals surface area contributed by atoms with E-state index in [9.17, 15) is 17.6 Å². The molecule has 2 aromatic carbocycles. The summed E-state index contributed by atoms with van der Waals surface area (Å²) in [5.74, 6) is -1.00. The maximum Gasteiger partial charge on any atom is 0.246 e. The minimum absolute atomic E-state index is 0.0700. The standard InChI is InChI=1S/C20H23FN2O4S/c1-14-8-9-18(27-2)19(11-14)28(25,26)23-10-4-5-15(13-23)20(24)22-17-7-3-6-16(21)12-17/h3,6-9,11-12,15H,4-5,10,13H2,1-2H3,(H,22,24)/t15-/m1/s1. The number of sulfonamides is 1. The van der Waals surface area contributed by atoms with Gasteiger partial charge in [0.25, 0.3) is 0 Å². The van der Waals surface area contributed by atoms with Gasteiger partial charge < -0.3 is 10.1 Å². The van der Waals surface area contributed by atoms with Gasteiger partial charge in [0, 0.05) is 18.8 Å². The van der Waals surface area contributed by atoms with Crippen LogP contribution in [0.25, 0.3) is 0 Å². The molecule has 150 valence electrons. The van der Waals surface area contributed by atoms with Crippen LogP contribution >= 0.6 is 0 Å². The Labute approximate surface area is 164 Å². The van der Waals surface area contributed by atoms with Gasteiger partial charge in [0.2, 0.25) is 15.9 Å². The Morgan fingerprint density at radius 2 is 2.04 bits per heavy atom. The molecule has 8 heteroatoms. The second-order valence-corrected chi connectivity index (χ2v) is 8.76. The highest BCUT2D eigenvalue weighted by atomic mass is 32.2. The van der Waals surface area contributed by atoms with Crippen LogP contribution in [0.2, 0.25) is 0 Å². The lowest BCUT2D eigenvalue weighted by atomic mass is 9.99. The molecule has 0 radical (unpaired) electrons. The van der Waals surface area contributed by atoms with Gasteiger partial charge in [-0.05, 0) is 55.7 Å². The van der Waals surface area contributed by atoms with Crippen LogP contribution in [-0.4, -0.2) is 38.8 Å². The van der Waals surface area contributed by atoms with Crippen molar-refractivity contribution in [3.05, 3.63) is 53.8 Å². The van der Waals surface area contributed by atoms with Crippen LogP contribution in [0.15, 0.2) is 47.4 Å². The second kappa shape index (κ2) is 8.28. The Morgan fingerprint density at radius 1 is 1.25 bits per heavy atom. The van der Waals surface area contributed by atoms with E-state index in [1.807, 2.05) is 6.92 Å². The maximum atomic E-state index is 13.3. The Kier molecular flexibility index (Phi) is 6.00. The topological polar surface area (TPSA) is 75.7 Å². The van der Waals surface area contributed by atoms with Crippen LogP contribution < -0.4 is 10.1 Å². The summed E-state index contributed by atoms with van der Waals surface area (Å²) in [6.45, 7) is 2.22. The molecule has 1 aliphatic heterocycles. The molecular weight excluding hydrogens is 383 g/mol. The number of anilines is 1. The summed E-state index contributed by atoms with van der Waals surface area (Å²) in [5.41, 5.74) is 1.15. The van der Waals surface area contributed by atoms with Crippen molar-refractivity contribution in [2.45, 2.75) is 24.7 Å². The van der Waals surface area contributed by atoms with Crippen LogP contribution in [0.3, 0.4) is 0 Å². The number of nitrogens with one attached hydrogen (secondary N) is 1. The molecule has 1 atom stereocenters. The Morgan fingerprint density at radius 3 is 2.75 bits per heavy atom. The lowest BCUT2D eigenvalue weighted by Crippen LogP contribution is -2.43. The van der Waals surface area contributed by atoms with E-state index in [4.69, 9.17) is 4.74 Å². The smallest absolute Gasteiger partial charge is 0.246 e. The summed E-state index contributed by atoms with van der Waals surface area (Å²) in [4.78, 5) is 12.7. The van der Waals surface area contributed by atoms with Crippen LogP contribution in [0.5, 0.6) is 5.75 Å². The van der Waals surface area contributed by atoms with Crippen molar-refractivity contribution in [2.75, 3.05) is 25.5 Å². The number of nitrogens with zero attached hydrogens (tertiary/aromatic N) is 1. The molecule has 28 heavy (non-hydrogen) atoms. The lowest BCUT2D eigenvalue weighted by molar-refractivity contribution is -0.120. The minimum Gasteiger partial charge on any atom is -0.495 e. The molecule has 0 bridgehead atoms. The van der Waals surface area contributed by atoms with E-state index in [0.29, 0.717) is 25.1 Å². The number of benzene rings is 2. The Balaban J connectivity index is 1.79. The predicted octanol–water partition coefficient (Wildman–Crippen LogP) is 3.18. The average Bonchev–Trinajstić information content (AvgIpc) is 2.68. The summed E-state index contributed by atoms with van der Waals surface area (Å²) >= 11 is 0. The summed E-state index contributed by atoms with van der Waals surface area (Å²) in [7, 11) is -2.38. The van der Waals surface area contributed by atoms with Gasteiger partial charge in [0.05, 0.1) is 13.0 Å². The summed E-state index contributed by atoms with van der Waals surface area (Å²) in [5, 5.41) is 2.67. The fraction of sp³-hybridized carbons (Fsp3) is 0.350. The third-order valence-electron chi connectivity index (χ3n) is 4.78. The molecule has 1 aliphatic rings. The first-order valence-corrected chi connectivity index (χ1v) is 10.5. The third-order valence-corrected chi connectivity index (χ3v) is 6.67. The summed E-state index contributed by atoms with van der Waals surface area (Å²) in [6.07, 6.45) is 1.13. The van der Waals surface area contributed by atoms with Crippen molar-refractivity contribution >= 4 is 21.6 Å². The van der Waals surface area contributed by atoms with Crippen LogP contribution in [0.4, 0.5) is 10.1 Å². The van der Waals surface area contributed by atoms with Crippen LogP contribution in [-0.2, 0) is 14.8 Å². The molecule has 0 unspecified atom stereocenters. The summed E-state index contributed by atoms with van der Waals surface area (Å²) in [6, 6.07) is 10.6. The van der Waals surface area contributed by atoms with Gasteiger partial charge in [-0.1, -0.05) is 12.1 Å². The minimum atomic E-state index is -3.80. The third kappa shape index (κ3) is 4.34. The molecule has 1 N–H and O–H groups in total. The Bertz CT molecular complexity index is 978. The van der Waals surface area contributed by atoms with Crippen molar-refractivity contribution in [1.29, 1.82) is 0 Å². The lowest BCUT2D eigenvalue weighted by Gasteiger charge is -2.31. The number of rotatable bonds is 5. The van der Waals surface area contributed by atoms with E-state index in [2.05, 4.69) is 5.32 Å². The molecular formula is C20H23FN2O4S. The van der Waals surface area contributed by atoms with Gasteiger partial charge in [-0.3, -0.25) is 4.79 Å². The molecule has 1 amide bonds. The normalized spacial score (nSPS) is 17.9. The van der Waals surface area contributed by atoms with Crippen molar-refractivity contribution in [3.8, 4) is 5.75 Å². The van der Waals surface area contributed by atoms with E-state index >= 15 is 0 Å². The first-order valence-electron chi connectivity index (χ1n) is 9.02. The number of hydrogen-bond donors (Lipinski definition) is 1. The first kappa shape index (κ1) is 20.3. The van der Waals surface area contributed by atoms with Crippen molar-refractivity contribution < 1.29 is 22.3 Å². The van der Waals surface area contributed by atoms with Gasteiger partial charge in [0.1, 0.15) is 16.5 Å². The number of piperidine rings is 1. The van der Waals surface area contributed by atoms with Crippen molar-refractivity contribution in [1.82, 2.24) is 4.31 Å². The molecule has 1 heterocycles. The molecule has 1 fully saturated rings. The number of amides is 1. The number of carbonyl (C=O) groups is 1. The van der Waals surface area contributed by atoms with E-state index in [1.165, 1.54) is 29.6 Å². The number of methoxy groups -OCH3 is 1. The maximum absolute atomic E-state index is 13.3. The monoisotopic (exact) mass is 406 g/mol. The molecule has 2 aromatic rings. The molecule has 3 rings (SSSR count). The van der Waals surface area contributed by atoms with Gasteiger partial charge >= 0.3 is 0 Å². The highest BCUT2D eigenvalue weighted by Gasteiger charge is 2.35. The average molecular weight is 406 g/mol. The van der Waals surface area contributed by atoms with E-state index in [1.54, 1.807) is 24.3 Å². The largest absolute Gasteiger partial charge is 0.495 e. The summed E-state index contributed by atoms with van der Waals surface area (Å²) < 4.78 is 46.2. The van der Waals surface area contributed by atoms with Gasteiger partial charge in [-0.2, -0.15) is 4.31 Å². The van der Waals surface area contributed by atoms with E-state index < -0.39 is 21.8 Å². The van der Waals surface area contributed by atoms with Crippen LogP contribution in [0, 0.1) is 18.7 Å². The van der Waals surface area contributed by atoms with Gasteiger partial charge in [-0.25, -0.2) is 12.8 Å². The molecule has 6 nitrogen and oxygen atoms in total. The van der Waals surface area contributed by atoms with Crippen LogP contribution in [0.1, 0.15) is 18.4 Å². The predicted molar refractivity (Wildman–Crippen MR) is 104 cm³/mol. The fourth-order valence-electron chi connectivity index (χ4n) is 3.31. The van der Waals surface area contributed by atoms with Gasteiger partial charge in [0.15, 0.2) is 0 Å². The molecule has 0 aromatic heterocycles. The van der Waals surface area contributed by atoms with Crippen molar-refractivity contribution in [2.24, 2.45) is 5.92 Å². The zero-order valence-electron chi connectivity index (χ0n) is 15.8. The number of aryl methyl sites for hydroxylation is 1. The zero-order chi connectivity index (χ0) is 20.3. The quantitative estimate of drug-likeness (QED) is 0.828. The molecule has 1 saturated heterocycles. The zero-order valence-corrected chi connectivity index (χ0v) is 16.6. The highest BCUT2D eigenvalue weighted by Crippen LogP contribution is 2.31. The number of hydrogen-bond acceptors (Lipinski definition) is 4. The van der Waals surface area contributed by atoms with Gasteiger partial charge in [-0.15, -0.1) is 0 Å². The first-order chi connectivity index (χ1) is 13.3. The SMILES string of the molecule is COc1ccc(C)cc1S(=O)(=O)N1CCC[C@@H](C(=O)Nc2cccc(F)c2)C1. The Hall–Kier alpha value is -2.45. The number of ether oxygens (including phenoxy) is 1. The number of carbonyl (C=O) groups excluding carboxylic acids is 1. The number of halogens is 1. The molecule has 0 saturated carbocycles. The fourth-order valence-corrected chi connectivity index (χ4v) is 5.07. The second-order valence-electron chi connectivity index (χ2n) is 6.86. The van der Waals surface area contributed by atoms with E-state index in [-0.39, 0.29) is 23.1 Å². The molecule has 0 aliphatic carbocycles. The molecule has 0 spiro atoms. The van der Waals surface area contributed by atoms with Crippen molar-refractivity contribution in [3.63, 3.8) is 0 Å². The van der Waals surface area contributed by atoms with E-state index in [0.717, 1.165) is 5.56 Å². The highest BCUT2D eigenvalue weighted by molar-refractivity contribution is 7.89.